The number of quaternary nitrogens is 1. The van der Waals surface area contributed by atoms with Crippen molar-refractivity contribution in [3.8, 4) is 16.9 Å². The summed E-state index contributed by atoms with van der Waals surface area (Å²) in [5.41, 5.74) is 0.961. The zero-order valence-electron chi connectivity index (χ0n) is 16.3. The van der Waals surface area contributed by atoms with E-state index in [1.165, 1.54) is 11.0 Å². The summed E-state index contributed by atoms with van der Waals surface area (Å²) in [7, 11) is 0. The largest absolute Gasteiger partial charge is 0.507 e. The summed E-state index contributed by atoms with van der Waals surface area (Å²) in [6.07, 6.45) is 0. The maximum Gasteiger partial charge on any atom is 0.344 e. The molecule has 0 spiro atoms. The lowest BCUT2D eigenvalue weighted by Gasteiger charge is -2.17. The Morgan fingerprint density at radius 3 is 2.45 bits per heavy atom. The van der Waals surface area contributed by atoms with E-state index in [4.69, 9.17) is 8.83 Å². The second-order valence-electron chi connectivity index (χ2n) is 7.04. The molecule has 0 radical (unpaired) electrons. The predicted octanol–water partition coefficient (Wildman–Crippen LogP) is 2.70. The van der Waals surface area contributed by atoms with Crippen LogP contribution < -0.4 is 16.2 Å². The van der Waals surface area contributed by atoms with Gasteiger partial charge in [0.15, 0.2) is 5.58 Å². The maximum absolute atomic E-state index is 12.7. The molecule has 6 heteroatoms. The molecule has 0 saturated heterocycles. The van der Waals surface area contributed by atoms with Crippen LogP contribution in [0.2, 0.25) is 0 Å². The highest BCUT2D eigenvalue weighted by molar-refractivity contribution is 5.96. The summed E-state index contributed by atoms with van der Waals surface area (Å²) in [6, 6.07) is 13.5. The number of hydrogen-bond donors (Lipinski definition) is 2. The van der Waals surface area contributed by atoms with Crippen molar-refractivity contribution < 1.29 is 18.8 Å². The lowest BCUT2D eigenvalue weighted by molar-refractivity contribution is -0.910. The zero-order chi connectivity index (χ0) is 20.5. The Kier molecular flexibility index (Phi) is 4.94. The average Bonchev–Trinajstić information content (AvgIpc) is 2.72. The zero-order valence-corrected chi connectivity index (χ0v) is 16.3. The van der Waals surface area contributed by atoms with E-state index >= 15 is 0 Å². The van der Waals surface area contributed by atoms with Crippen molar-refractivity contribution in [1.82, 2.24) is 0 Å². The monoisotopic (exact) mass is 392 g/mol. The van der Waals surface area contributed by atoms with Gasteiger partial charge in [0.05, 0.1) is 24.2 Å². The molecule has 2 heterocycles. The van der Waals surface area contributed by atoms with Gasteiger partial charge in [0, 0.05) is 22.4 Å². The summed E-state index contributed by atoms with van der Waals surface area (Å²) >= 11 is 0. The van der Waals surface area contributed by atoms with Gasteiger partial charge in [-0.2, -0.15) is 0 Å². The molecule has 0 unspecified atom stereocenters. The number of aromatic hydroxyl groups is 1. The first kappa shape index (κ1) is 19.0. The molecule has 6 nitrogen and oxygen atoms in total. The quantitative estimate of drug-likeness (QED) is 0.510. The van der Waals surface area contributed by atoms with E-state index in [-0.39, 0.29) is 11.3 Å². The fourth-order valence-corrected chi connectivity index (χ4v) is 3.67. The van der Waals surface area contributed by atoms with Crippen molar-refractivity contribution in [2.24, 2.45) is 0 Å². The number of para-hydroxylation sites is 1. The summed E-state index contributed by atoms with van der Waals surface area (Å²) in [5, 5.41) is 11.8. The van der Waals surface area contributed by atoms with Crippen LogP contribution in [0.4, 0.5) is 0 Å². The Hall–Kier alpha value is -3.38. The first-order chi connectivity index (χ1) is 14.0. The molecule has 0 saturated carbocycles. The molecular weight excluding hydrogens is 370 g/mol. The molecule has 0 aliphatic heterocycles. The van der Waals surface area contributed by atoms with Gasteiger partial charge in [-0.05, 0) is 38.1 Å². The van der Waals surface area contributed by atoms with Gasteiger partial charge in [0.2, 0.25) is 0 Å². The fourth-order valence-electron chi connectivity index (χ4n) is 3.67. The molecule has 0 aliphatic rings. The van der Waals surface area contributed by atoms with Gasteiger partial charge in [-0.3, -0.25) is 0 Å². The van der Waals surface area contributed by atoms with Crippen LogP contribution in [-0.4, -0.2) is 18.2 Å². The van der Waals surface area contributed by atoms with Gasteiger partial charge in [-0.1, -0.05) is 18.2 Å². The molecule has 2 N–H and O–H groups in total. The van der Waals surface area contributed by atoms with Gasteiger partial charge in [-0.25, -0.2) is 9.59 Å². The van der Waals surface area contributed by atoms with Crippen molar-refractivity contribution in [3.63, 3.8) is 0 Å². The van der Waals surface area contributed by atoms with Crippen molar-refractivity contribution in [1.29, 1.82) is 0 Å². The topological polar surface area (TPSA) is 85.1 Å². The first-order valence-electron chi connectivity index (χ1n) is 9.67. The minimum absolute atomic E-state index is 0.0720. The second-order valence-corrected chi connectivity index (χ2v) is 7.04. The van der Waals surface area contributed by atoms with Crippen LogP contribution in [0, 0.1) is 0 Å². The number of nitrogens with one attached hydrogen (secondary N) is 1. The van der Waals surface area contributed by atoms with E-state index in [0.29, 0.717) is 34.2 Å². The van der Waals surface area contributed by atoms with E-state index in [2.05, 4.69) is 13.8 Å². The Bertz CT molecular complexity index is 1310. The molecule has 0 aliphatic carbocycles. The molecule has 2 aromatic carbocycles. The normalized spacial score (nSPS) is 11.6. The van der Waals surface area contributed by atoms with E-state index in [9.17, 15) is 14.7 Å². The summed E-state index contributed by atoms with van der Waals surface area (Å²) < 4.78 is 10.9. The Labute approximate surface area is 166 Å². The molecular formula is C23H22NO5+. The highest BCUT2D eigenvalue weighted by atomic mass is 16.4. The summed E-state index contributed by atoms with van der Waals surface area (Å²) in [5.74, 6) is 0.0720. The smallest absolute Gasteiger partial charge is 0.344 e. The third kappa shape index (κ3) is 3.43. The molecule has 2 aromatic heterocycles. The number of rotatable bonds is 5. The summed E-state index contributed by atoms with van der Waals surface area (Å²) in [6.45, 7) is 6.36. The molecule has 0 bridgehead atoms. The van der Waals surface area contributed by atoms with E-state index in [1.54, 1.807) is 30.3 Å². The minimum Gasteiger partial charge on any atom is -0.507 e. The first-order valence-corrected chi connectivity index (χ1v) is 9.67. The van der Waals surface area contributed by atoms with Crippen LogP contribution in [0.5, 0.6) is 5.75 Å². The second kappa shape index (κ2) is 7.56. The molecule has 4 rings (SSSR count). The Morgan fingerprint density at radius 2 is 1.69 bits per heavy atom. The average molecular weight is 392 g/mol. The van der Waals surface area contributed by atoms with E-state index < -0.39 is 11.3 Å². The number of phenolic OH excluding ortho intramolecular Hbond substituents is 1. The molecule has 0 atom stereocenters. The van der Waals surface area contributed by atoms with E-state index in [0.717, 1.165) is 18.5 Å². The van der Waals surface area contributed by atoms with Crippen molar-refractivity contribution in [2.75, 3.05) is 13.1 Å². The van der Waals surface area contributed by atoms with Gasteiger partial charge < -0.3 is 18.8 Å². The van der Waals surface area contributed by atoms with Crippen LogP contribution in [0.1, 0.15) is 19.4 Å². The molecule has 0 fully saturated rings. The lowest BCUT2D eigenvalue weighted by Crippen LogP contribution is -3.10. The molecule has 0 amide bonds. The number of hydrogen-bond acceptors (Lipinski definition) is 5. The maximum atomic E-state index is 12.7. The van der Waals surface area contributed by atoms with Crippen LogP contribution in [0.25, 0.3) is 33.1 Å². The third-order valence-electron chi connectivity index (χ3n) is 5.35. The lowest BCUT2D eigenvalue weighted by atomic mass is 9.99. The highest BCUT2D eigenvalue weighted by Crippen LogP contribution is 2.32. The van der Waals surface area contributed by atoms with E-state index in [1.807, 2.05) is 12.1 Å². The molecule has 148 valence electrons. The number of benzene rings is 2. The third-order valence-corrected chi connectivity index (χ3v) is 5.35. The van der Waals surface area contributed by atoms with Crippen LogP contribution in [-0.2, 0) is 6.54 Å². The van der Waals surface area contributed by atoms with Gasteiger partial charge in [-0.15, -0.1) is 0 Å². The molecule has 4 aromatic rings. The number of phenols is 1. The highest BCUT2D eigenvalue weighted by Gasteiger charge is 2.20. The summed E-state index contributed by atoms with van der Waals surface area (Å²) in [4.78, 5) is 26.2. The van der Waals surface area contributed by atoms with Gasteiger partial charge in [0.25, 0.3) is 0 Å². The van der Waals surface area contributed by atoms with Crippen molar-refractivity contribution in [3.05, 3.63) is 74.9 Å². The van der Waals surface area contributed by atoms with Crippen LogP contribution in [0.3, 0.4) is 0 Å². The van der Waals surface area contributed by atoms with Crippen molar-refractivity contribution >= 4 is 21.9 Å². The van der Waals surface area contributed by atoms with Gasteiger partial charge >= 0.3 is 11.3 Å². The fraction of sp³-hybridized carbons (Fsp3) is 0.217. The Balaban J connectivity index is 2.01. The standard InChI is InChI=1S/C23H21NO5/c1-3-24(4-2)13-18-19(25)10-9-15-16(12-21(26)29-22(15)18)17-11-14-7-5-6-8-20(14)28-23(17)27/h5-12,25H,3-4,13H2,1-2H3/p+1. The SMILES string of the molecule is CC[NH+](CC)Cc1c(O)ccc2c(-c3cc4ccccc4oc3=O)cc(=O)oc12. The van der Waals surface area contributed by atoms with Crippen LogP contribution >= 0.6 is 0 Å². The minimum atomic E-state index is -0.582. The Morgan fingerprint density at radius 1 is 0.931 bits per heavy atom. The molecule has 29 heavy (non-hydrogen) atoms. The number of fused-ring (bicyclic) bond motifs is 2. The van der Waals surface area contributed by atoms with Gasteiger partial charge in [0.1, 0.15) is 17.9 Å². The van der Waals surface area contributed by atoms with Crippen molar-refractivity contribution in [2.45, 2.75) is 20.4 Å². The van der Waals surface area contributed by atoms with Crippen LogP contribution in [0.15, 0.2) is 67.0 Å². The predicted molar refractivity (Wildman–Crippen MR) is 111 cm³/mol.